The van der Waals surface area contributed by atoms with Crippen molar-refractivity contribution in [1.82, 2.24) is 9.88 Å². The number of β-amino-alcohol motifs (C(OH)–C–C–N with tert-alkyl or cyclic N) is 1. The van der Waals surface area contributed by atoms with E-state index in [9.17, 15) is 5.11 Å². The van der Waals surface area contributed by atoms with Gasteiger partial charge in [-0.2, -0.15) is 0 Å². The van der Waals surface area contributed by atoms with Gasteiger partial charge in [-0.25, -0.2) is 4.98 Å². The highest BCUT2D eigenvalue weighted by molar-refractivity contribution is 6.32. The van der Waals surface area contributed by atoms with E-state index in [0.29, 0.717) is 16.2 Å². The van der Waals surface area contributed by atoms with Crippen LogP contribution in [0.1, 0.15) is 18.4 Å². The molecule has 1 aliphatic heterocycles. The molecule has 5 heteroatoms. The average Bonchev–Trinajstić information content (AvgIpc) is 3.02. The van der Waals surface area contributed by atoms with Gasteiger partial charge in [-0.15, -0.1) is 0 Å². The Labute approximate surface area is 110 Å². The summed E-state index contributed by atoms with van der Waals surface area (Å²) in [7, 11) is 0. The lowest BCUT2D eigenvalue weighted by Crippen LogP contribution is -2.62. The molecule has 1 N–H and O–H groups in total. The maximum atomic E-state index is 10.2. The zero-order valence-corrected chi connectivity index (χ0v) is 10.9. The molecular formula is C12H14Cl2N2O. The lowest BCUT2D eigenvalue weighted by atomic mass is 9.88. The number of rotatable bonds is 3. The highest BCUT2D eigenvalue weighted by atomic mass is 35.5. The maximum Gasteiger partial charge on any atom is 0.135 e. The highest BCUT2D eigenvalue weighted by Crippen LogP contribution is 2.44. The zero-order chi connectivity index (χ0) is 12.0. The average molecular weight is 273 g/mol. The highest BCUT2D eigenvalue weighted by Gasteiger charge is 2.51. The van der Waals surface area contributed by atoms with Crippen LogP contribution in [0.2, 0.25) is 10.3 Å². The molecule has 3 nitrogen and oxygen atoms in total. The van der Waals surface area contributed by atoms with Gasteiger partial charge in [-0.05, 0) is 24.8 Å². The zero-order valence-electron chi connectivity index (χ0n) is 9.37. The molecule has 2 fully saturated rings. The van der Waals surface area contributed by atoms with Crippen molar-refractivity contribution in [2.45, 2.75) is 25.0 Å². The molecule has 0 unspecified atom stereocenters. The molecule has 2 aliphatic rings. The first-order valence-electron chi connectivity index (χ1n) is 5.82. The van der Waals surface area contributed by atoms with E-state index in [1.807, 2.05) is 6.07 Å². The minimum absolute atomic E-state index is 0.414. The topological polar surface area (TPSA) is 36.4 Å². The van der Waals surface area contributed by atoms with Crippen LogP contribution in [0.4, 0.5) is 0 Å². The first-order valence-corrected chi connectivity index (χ1v) is 6.58. The first kappa shape index (κ1) is 11.7. The van der Waals surface area contributed by atoms with Crippen LogP contribution in [0.5, 0.6) is 0 Å². The molecule has 0 bridgehead atoms. The third-order valence-corrected chi connectivity index (χ3v) is 4.16. The molecule has 0 amide bonds. The van der Waals surface area contributed by atoms with Gasteiger partial charge in [-0.3, -0.25) is 4.90 Å². The van der Waals surface area contributed by atoms with Gasteiger partial charge in [-0.1, -0.05) is 29.3 Å². The first-order chi connectivity index (χ1) is 8.07. The van der Waals surface area contributed by atoms with Crippen molar-refractivity contribution in [2.75, 3.05) is 13.1 Å². The Hall–Kier alpha value is -0.350. The van der Waals surface area contributed by atoms with Gasteiger partial charge in [0.2, 0.25) is 0 Å². The van der Waals surface area contributed by atoms with Crippen molar-refractivity contribution in [3.05, 3.63) is 28.0 Å². The minimum Gasteiger partial charge on any atom is -0.387 e. The Morgan fingerprint density at radius 2 is 2.06 bits per heavy atom. The number of aliphatic hydroxyl groups is 1. The number of nitrogens with zero attached hydrogens (tertiary/aromatic N) is 2. The van der Waals surface area contributed by atoms with Crippen molar-refractivity contribution < 1.29 is 5.11 Å². The van der Waals surface area contributed by atoms with E-state index in [1.165, 1.54) is 12.8 Å². The van der Waals surface area contributed by atoms with Crippen LogP contribution in [0.3, 0.4) is 0 Å². The fourth-order valence-electron chi connectivity index (χ4n) is 2.52. The van der Waals surface area contributed by atoms with E-state index in [2.05, 4.69) is 9.88 Å². The Morgan fingerprint density at radius 3 is 2.65 bits per heavy atom. The monoisotopic (exact) mass is 272 g/mol. The standard InChI is InChI=1S/C12H14Cl2N2O/c13-10-4-1-8(11(14)15-10)5-16-6-12(17,7-16)9-2-3-9/h1,4,9,17H,2-3,5-7H2. The van der Waals surface area contributed by atoms with Crippen LogP contribution in [0.15, 0.2) is 12.1 Å². The number of aromatic nitrogens is 1. The number of halogens is 2. The summed E-state index contributed by atoms with van der Waals surface area (Å²) in [5, 5.41) is 11.1. The summed E-state index contributed by atoms with van der Waals surface area (Å²) < 4.78 is 0. The number of pyridine rings is 1. The molecule has 0 atom stereocenters. The van der Waals surface area contributed by atoms with Gasteiger partial charge < -0.3 is 5.11 Å². The summed E-state index contributed by atoms with van der Waals surface area (Å²) in [6.45, 7) is 2.23. The smallest absolute Gasteiger partial charge is 0.135 e. The second-order valence-electron chi connectivity index (χ2n) is 5.11. The SMILES string of the molecule is OC1(C2CC2)CN(Cc2ccc(Cl)nc2Cl)C1. The molecule has 1 aliphatic carbocycles. The molecule has 0 spiro atoms. The van der Waals surface area contributed by atoms with E-state index in [0.717, 1.165) is 25.2 Å². The van der Waals surface area contributed by atoms with E-state index >= 15 is 0 Å². The molecule has 1 saturated carbocycles. The Kier molecular flexibility index (Phi) is 2.82. The molecule has 0 radical (unpaired) electrons. The van der Waals surface area contributed by atoms with Gasteiger partial charge >= 0.3 is 0 Å². The number of likely N-dealkylation sites (tertiary alicyclic amines) is 1. The van der Waals surface area contributed by atoms with Crippen molar-refractivity contribution >= 4 is 23.2 Å². The molecule has 1 aromatic heterocycles. The number of hydrogen-bond donors (Lipinski definition) is 1. The quantitative estimate of drug-likeness (QED) is 0.859. The lowest BCUT2D eigenvalue weighted by molar-refractivity contribution is -0.116. The second-order valence-corrected chi connectivity index (χ2v) is 5.85. The van der Waals surface area contributed by atoms with Gasteiger partial charge in [0.1, 0.15) is 10.3 Å². The summed E-state index contributed by atoms with van der Waals surface area (Å²) in [5.41, 5.74) is 0.528. The van der Waals surface area contributed by atoms with E-state index in [1.54, 1.807) is 6.07 Å². The Balaban J connectivity index is 1.61. The lowest BCUT2D eigenvalue weighted by Gasteiger charge is -2.47. The fourth-order valence-corrected chi connectivity index (χ4v) is 2.92. The van der Waals surface area contributed by atoms with Crippen molar-refractivity contribution in [3.8, 4) is 0 Å². The summed E-state index contributed by atoms with van der Waals surface area (Å²) in [6.07, 6.45) is 2.35. The van der Waals surface area contributed by atoms with Crippen LogP contribution in [-0.2, 0) is 6.54 Å². The predicted molar refractivity (Wildman–Crippen MR) is 67.2 cm³/mol. The summed E-state index contributed by atoms with van der Waals surface area (Å²) >= 11 is 11.8. The fraction of sp³-hybridized carbons (Fsp3) is 0.583. The van der Waals surface area contributed by atoms with Crippen LogP contribution >= 0.6 is 23.2 Å². The molecule has 17 heavy (non-hydrogen) atoms. The summed E-state index contributed by atoms with van der Waals surface area (Å²) in [5.74, 6) is 0.526. The van der Waals surface area contributed by atoms with Crippen molar-refractivity contribution in [1.29, 1.82) is 0 Å². The van der Waals surface area contributed by atoms with E-state index in [-0.39, 0.29) is 0 Å². The summed E-state index contributed by atoms with van der Waals surface area (Å²) in [6, 6.07) is 3.64. The second kappa shape index (κ2) is 4.09. The Morgan fingerprint density at radius 1 is 1.35 bits per heavy atom. The molecule has 92 valence electrons. The molecule has 0 aromatic carbocycles. The molecule has 1 saturated heterocycles. The normalized spacial score (nSPS) is 23.5. The van der Waals surface area contributed by atoms with Gasteiger partial charge in [0.25, 0.3) is 0 Å². The van der Waals surface area contributed by atoms with Crippen molar-refractivity contribution in [2.24, 2.45) is 5.92 Å². The van der Waals surface area contributed by atoms with Crippen LogP contribution in [0.25, 0.3) is 0 Å². The molecule has 1 aromatic rings. The van der Waals surface area contributed by atoms with Crippen LogP contribution < -0.4 is 0 Å². The predicted octanol–water partition coefficient (Wildman–Crippen LogP) is 2.35. The van der Waals surface area contributed by atoms with Gasteiger partial charge in [0.15, 0.2) is 0 Å². The van der Waals surface area contributed by atoms with Crippen LogP contribution in [-0.4, -0.2) is 33.7 Å². The van der Waals surface area contributed by atoms with E-state index < -0.39 is 5.60 Å². The largest absolute Gasteiger partial charge is 0.387 e. The molecular weight excluding hydrogens is 259 g/mol. The van der Waals surface area contributed by atoms with Crippen LogP contribution in [0, 0.1) is 5.92 Å². The minimum atomic E-state index is -0.438. The van der Waals surface area contributed by atoms with Gasteiger partial charge in [0, 0.05) is 25.2 Å². The maximum absolute atomic E-state index is 10.2. The number of hydrogen-bond acceptors (Lipinski definition) is 3. The van der Waals surface area contributed by atoms with Crippen molar-refractivity contribution in [3.63, 3.8) is 0 Å². The molecule has 3 rings (SSSR count). The Bertz CT molecular complexity index is 442. The third kappa shape index (κ3) is 2.29. The molecule has 2 heterocycles. The third-order valence-electron chi connectivity index (χ3n) is 3.62. The van der Waals surface area contributed by atoms with E-state index in [4.69, 9.17) is 23.2 Å². The van der Waals surface area contributed by atoms with Gasteiger partial charge in [0.05, 0.1) is 5.60 Å². The summed E-state index contributed by atoms with van der Waals surface area (Å²) in [4.78, 5) is 6.20.